The van der Waals surface area contributed by atoms with Crippen LogP contribution in [0.3, 0.4) is 0 Å². The molecule has 1 aliphatic carbocycles. The maximum Gasteiger partial charge on any atom is 0.335 e. The quantitative estimate of drug-likeness (QED) is 0.144. The molecule has 1 aliphatic rings. The minimum Gasteiger partial charge on any atom is -0.491 e. The summed E-state index contributed by atoms with van der Waals surface area (Å²) in [4.78, 5) is 12.0. The van der Waals surface area contributed by atoms with Crippen molar-refractivity contribution in [3.63, 3.8) is 0 Å². The molecule has 2 unspecified atom stereocenters. The molecule has 0 saturated heterocycles. The van der Waals surface area contributed by atoms with E-state index in [0.717, 1.165) is 33.6 Å². The van der Waals surface area contributed by atoms with Gasteiger partial charge >= 0.3 is 5.97 Å². The summed E-state index contributed by atoms with van der Waals surface area (Å²) in [7, 11) is 1.52. The smallest absolute Gasteiger partial charge is 0.335 e. The molecule has 5 nitrogen and oxygen atoms in total. The maximum atomic E-state index is 12.0. The minimum absolute atomic E-state index is 0.209. The van der Waals surface area contributed by atoms with Gasteiger partial charge in [-0.25, -0.2) is 4.79 Å². The fraction of sp³-hybridized carbons (Fsp3) is 0.250. The molecule has 4 aromatic carbocycles. The normalized spacial score (nSPS) is 14.5. The van der Waals surface area contributed by atoms with Crippen LogP contribution in [-0.2, 0) is 25.4 Å². The van der Waals surface area contributed by atoms with Crippen LogP contribution in [-0.4, -0.2) is 39.0 Å². The van der Waals surface area contributed by atoms with Crippen LogP contribution >= 0.6 is 0 Å². The van der Waals surface area contributed by atoms with Crippen LogP contribution < -0.4 is 4.74 Å². The van der Waals surface area contributed by atoms with E-state index in [2.05, 4.69) is 79.7 Å². The zero-order valence-electron chi connectivity index (χ0n) is 23.8. The van der Waals surface area contributed by atoms with Gasteiger partial charge in [-0.2, -0.15) is 0 Å². The molecular formula is C36H36O5. The van der Waals surface area contributed by atoms with E-state index in [9.17, 15) is 4.79 Å². The number of fused-ring (bicyclic) bond motifs is 2. The first-order valence-electron chi connectivity index (χ1n) is 14.1. The third kappa shape index (κ3) is 6.94. The summed E-state index contributed by atoms with van der Waals surface area (Å²) in [6.45, 7) is 5.06. The molecule has 5 rings (SSSR count). The Balaban J connectivity index is 1.27. The summed E-state index contributed by atoms with van der Waals surface area (Å²) in [5.41, 5.74) is 9.15. The van der Waals surface area contributed by atoms with E-state index >= 15 is 0 Å². The van der Waals surface area contributed by atoms with Crippen molar-refractivity contribution in [2.45, 2.75) is 32.5 Å². The summed E-state index contributed by atoms with van der Waals surface area (Å²) in [5, 5.41) is 0. The summed E-state index contributed by atoms with van der Waals surface area (Å²) in [6.07, 6.45) is 3.98. The monoisotopic (exact) mass is 548 g/mol. The predicted octanol–water partition coefficient (Wildman–Crippen LogP) is 7.45. The number of rotatable bonds is 11. The lowest BCUT2D eigenvalue weighted by Crippen LogP contribution is -2.27. The number of esters is 1. The van der Waals surface area contributed by atoms with Crippen molar-refractivity contribution in [1.29, 1.82) is 0 Å². The summed E-state index contributed by atoms with van der Waals surface area (Å²) in [5.74, 6) is 0.393. The van der Waals surface area contributed by atoms with E-state index in [1.165, 1.54) is 23.8 Å². The Morgan fingerprint density at radius 2 is 1.59 bits per heavy atom. The van der Waals surface area contributed by atoms with Crippen molar-refractivity contribution in [2.75, 3.05) is 26.9 Å². The molecule has 0 radical (unpaired) electrons. The second-order valence-electron chi connectivity index (χ2n) is 10.1. The standard InChI is InChI=1S/C36H36O5/c1-4-39-36(37)34(38-3)23-26-11-17-31(18-12-26)40-20-21-41-35-32-19-16-29(27-8-6-5-7-9-27)24-30(32)15-14-28-13-10-25(2)22-33(28)35/h5-19,22,24,34-35H,4,20-21,23H2,1-3H3. The Morgan fingerprint density at radius 1 is 0.805 bits per heavy atom. The third-order valence-electron chi connectivity index (χ3n) is 7.26. The van der Waals surface area contributed by atoms with Crippen LogP contribution in [0.5, 0.6) is 5.75 Å². The number of hydrogen-bond acceptors (Lipinski definition) is 5. The average Bonchev–Trinajstić information content (AvgIpc) is 3.15. The SMILES string of the molecule is CCOC(=O)C(Cc1ccc(OCCOC2c3ccc(-c4ccccc4)cc3C=Cc3ccc(C)cc32)cc1)OC. The first-order valence-corrected chi connectivity index (χ1v) is 14.1. The molecule has 0 amide bonds. The van der Waals surface area contributed by atoms with E-state index in [-0.39, 0.29) is 12.1 Å². The van der Waals surface area contributed by atoms with Gasteiger partial charge in [-0.3, -0.25) is 0 Å². The molecule has 0 N–H and O–H groups in total. The van der Waals surface area contributed by atoms with Crippen LogP contribution in [0.1, 0.15) is 46.4 Å². The highest BCUT2D eigenvalue weighted by Crippen LogP contribution is 2.37. The minimum atomic E-state index is -0.623. The fourth-order valence-electron chi connectivity index (χ4n) is 5.13. The van der Waals surface area contributed by atoms with Gasteiger partial charge in [0, 0.05) is 13.5 Å². The van der Waals surface area contributed by atoms with E-state index in [0.29, 0.717) is 26.2 Å². The molecule has 0 fully saturated rings. The molecule has 0 spiro atoms. The number of carbonyl (C=O) groups is 1. The van der Waals surface area contributed by atoms with Crippen molar-refractivity contribution in [1.82, 2.24) is 0 Å². The maximum absolute atomic E-state index is 12.0. The molecular weight excluding hydrogens is 512 g/mol. The van der Waals surface area contributed by atoms with Crippen LogP contribution in [0.25, 0.3) is 23.3 Å². The summed E-state index contributed by atoms with van der Waals surface area (Å²) in [6, 6.07) is 31.2. The topological polar surface area (TPSA) is 54.0 Å². The van der Waals surface area contributed by atoms with E-state index in [1.807, 2.05) is 30.3 Å². The Labute approximate surface area is 242 Å². The number of ether oxygens (including phenoxy) is 4. The molecule has 2 atom stereocenters. The lowest BCUT2D eigenvalue weighted by Gasteiger charge is -2.22. The van der Waals surface area contributed by atoms with Crippen molar-refractivity contribution in [2.24, 2.45) is 0 Å². The molecule has 0 aromatic heterocycles. The van der Waals surface area contributed by atoms with Gasteiger partial charge in [0.05, 0.1) is 13.2 Å². The number of carbonyl (C=O) groups excluding carboxylic acids is 1. The zero-order valence-corrected chi connectivity index (χ0v) is 23.8. The van der Waals surface area contributed by atoms with Crippen molar-refractivity contribution in [3.8, 4) is 16.9 Å². The van der Waals surface area contributed by atoms with Gasteiger partial charge < -0.3 is 18.9 Å². The highest BCUT2D eigenvalue weighted by atomic mass is 16.6. The van der Waals surface area contributed by atoms with E-state index in [4.69, 9.17) is 18.9 Å². The fourth-order valence-corrected chi connectivity index (χ4v) is 5.13. The van der Waals surface area contributed by atoms with Crippen molar-refractivity contribution >= 4 is 18.1 Å². The number of benzene rings is 4. The Kier molecular flexibility index (Phi) is 9.29. The van der Waals surface area contributed by atoms with Gasteiger partial charge in [0.1, 0.15) is 18.5 Å². The molecule has 5 heteroatoms. The van der Waals surface area contributed by atoms with Crippen molar-refractivity contribution < 1.29 is 23.7 Å². The van der Waals surface area contributed by atoms with Gasteiger partial charge in [0.15, 0.2) is 6.10 Å². The van der Waals surface area contributed by atoms with Gasteiger partial charge in [0.25, 0.3) is 0 Å². The Morgan fingerprint density at radius 3 is 2.34 bits per heavy atom. The molecule has 0 bridgehead atoms. The van der Waals surface area contributed by atoms with Gasteiger partial charge in [-0.1, -0.05) is 90.5 Å². The Hall–Kier alpha value is -4.19. The highest BCUT2D eigenvalue weighted by Gasteiger charge is 2.23. The zero-order chi connectivity index (χ0) is 28.6. The number of hydrogen-bond donors (Lipinski definition) is 0. The molecule has 41 heavy (non-hydrogen) atoms. The number of methoxy groups -OCH3 is 1. The average molecular weight is 549 g/mol. The molecule has 210 valence electrons. The first-order chi connectivity index (χ1) is 20.1. The number of aryl methyl sites for hydroxylation is 1. The van der Waals surface area contributed by atoms with Crippen LogP contribution in [0.2, 0.25) is 0 Å². The van der Waals surface area contributed by atoms with Gasteiger partial charge in [-0.05, 0) is 71.0 Å². The van der Waals surface area contributed by atoms with Crippen LogP contribution in [0.15, 0.2) is 91.0 Å². The molecule has 0 saturated carbocycles. The first kappa shape index (κ1) is 28.3. The van der Waals surface area contributed by atoms with Crippen molar-refractivity contribution in [3.05, 3.63) is 124 Å². The summed E-state index contributed by atoms with van der Waals surface area (Å²) < 4.78 is 22.9. The second-order valence-corrected chi connectivity index (χ2v) is 10.1. The third-order valence-corrected chi connectivity index (χ3v) is 7.26. The molecule has 4 aromatic rings. The Bertz CT molecular complexity index is 1490. The van der Waals surface area contributed by atoms with Gasteiger partial charge in [0.2, 0.25) is 0 Å². The molecule has 0 aliphatic heterocycles. The van der Waals surface area contributed by atoms with Gasteiger partial charge in [-0.15, -0.1) is 0 Å². The lowest BCUT2D eigenvalue weighted by molar-refractivity contribution is -0.154. The van der Waals surface area contributed by atoms with Crippen LogP contribution in [0.4, 0.5) is 0 Å². The lowest BCUT2D eigenvalue weighted by atomic mass is 9.93. The van der Waals surface area contributed by atoms with E-state index < -0.39 is 6.10 Å². The van der Waals surface area contributed by atoms with Crippen LogP contribution in [0, 0.1) is 6.92 Å². The predicted molar refractivity (Wildman–Crippen MR) is 163 cm³/mol. The highest BCUT2D eigenvalue weighted by molar-refractivity contribution is 5.79. The largest absolute Gasteiger partial charge is 0.491 e. The second kappa shape index (κ2) is 13.4. The summed E-state index contributed by atoms with van der Waals surface area (Å²) >= 11 is 0. The van der Waals surface area contributed by atoms with E-state index in [1.54, 1.807) is 6.92 Å². The molecule has 0 heterocycles.